The fourth-order valence-electron chi connectivity index (χ4n) is 2.94. The van der Waals surface area contributed by atoms with Gasteiger partial charge in [0.2, 0.25) is 0 Å². The van der Waals surface area contributed by atoms with Crippen molar-refractivity contribution in [1.29, 1.82) is 0 Å². The van der Waals surface area contributed by atoms with Crippen molar-refractivity contribution < 1.29 is 9.50 Å². The van der Waals surface area contributed by atoms with E-state index < -0.39 is 11.9 Å². The summed E-state index contributed by atoms with van der Waals surface area (Å²) in [5, 5.41) is 16.6. The number of benzene rings is 1. The van der Waals surface area contributed by atoms with E-state index in [9.17, 15) is 9.50 Å². The molecule has 0 radical (unpaired) electrons. The van der Waals surface area contributed by atoms with Crippen molar-refractivity contribution >= 4 is 5.96 Å². The van der Waals surface area contributed by atoms with Crippen LogP contribution < -0.4 is 10.6 Å². The monoisotopic (exact) mass is 366 g/mol. The van der Waals surface area contributed by atoms with Crippen molar-refractivity contribution in [1.82, 2.24) is 15.5 Å². The number of nitrogens with one attached hydrogen (secondary N) is 2. The van der Waals surface area contributed by atoms with E-state index in [0.717, 1.165) is 26.1 Å². The SMILES string of the molecule is CCNC(=NCC(O)c1ccccc1F)NCCCN(C(C)C)C(C)C. The van der Waals surface area contributed by atoms with Gasteiger partial charge < -0.3 is 15.7 Å². The second-order valence-electron chi connectivity index (χ2n) is 6.96. The lowest BCUT2D eigenvalue weighted by Crippen LogP contribution is -2.41. The number of hydrogen-bond acceptors (Lipinski definition) is 3. The van der Waals surface area contributed by atoms with Crippen molar-refractivity contribution in [2.45, 2.75) is 59.2 Å². The highest BCUT2D eigenvalue weighted by Gasteiger charge is 2.13. The lowest BCUT2D eigenvalue weighted by Gasteiger charge is -2.30. The molecule has 6 heteroatoms. The number of guanidine groups is 1. The third-order valence-electron chi connectivity index (χ3n) is 4.24. The third-order valence-corrected chi connectivity index (χ3v) is 4.24. The van der Waals surface area contributed by atoms with Gasteiger partial charge in [0.05, 0.1) is 6.54 Å². The summed E-state index contributed by atoms with van der Waals surface area (Å²) in [6, 6.07) is 7.30. The molecule has 148 valence electrons. The molecule has 0 aliphatic heterocycles. The fraction of sp³-hybridized carbons (Fsp3) is 0.650. The molecule has 0 saturated carbocycles. The zero-order valence-electron chi connectivity index (χ0n) is 16.8. The first kappa shape index (κ1) is 22.4. The molecule has 5 nitrogen and oxygen atoms in total. The van der Waals surface area contributed by atoms with Gasteiger partial charge in [-0.2, -0.15) is 0 Å². The molecule has 1 unspecified atom stereocenters. The predicted molar refractivity (Wildman–Crippen MR) is 107 cm³/mol. The number of rotatable bonds is 10. The zero-order chi connectivity index (χ0) is 19.5. The Kier molecular flexibility index (Phi) is 10.2. The molecule has 0 spiro atoms. The van der Waals surface area contributed by atoms with Crippen LogP contribution in [0.3, 0.4) is 0 Å². The summed E-state index contributed by atoms with van der Waals surface area (Å²) in [5.41, 5.74) is 0.275. The van der Waals surface area contributed by atoms with E-state index in [1.807, 2.05) is 6.92 Å². The van der Waals surface area contributed by atoms with E-state index >= 15 is 0 Å². The minimum Gasteiger partial charge on any atom is -0.386 e. The largest absolute Gasteiger partial charge is 0.386 e. The Balaban J connectivity index is 2.52. The average molecular weight is 367 g/mol. The van der Waals surface area contributed by atoms with Crippen LogP contribution in [0.4, 0.5) is 4.39 Å². The van der Waals surface area contributed by atoms with Crippen molar-refractivity contribution in [3.8, 4) is 0 Å². The van der Waals surface area contributed by atoms with Gasteiger partial charge in [0, 0.05) is 37.3 Å². The van der Waals surface area contributed by atoms with Crippen LogP contribution in [0.15, 0.2) is 29.3 Å². The Bertz CT molecular complexity index is 540. The maximum absolute atomic E-state index is 13.7. The Morgan fingerprint density at radius 2 is 1.81 bits per heavy atom. The first-order chi connectivity index (χ1) is 12.4. The molecule has 1 atom stereocenters. The Morgan fingerprint density at radius 1 is 1.15 bits per heavy atom. The second kappa shape index (κ2) is 11.9. The lowest BCUT2D eigenvalue weighted by atomic mass is 10.1. The molecular formula is C20H35FN4O. The van der Waals surface area contributed by atoms with Gasteiger partial charge in [0.25, 0.3) is 0 Å². The molecule has 0 fully saturated rings. The molecule has 26 heavy (non-hydrogen) atoms. The first-order valence-corrected chi connectivity index (χ1v) is 9.57. The van der Waals surface area contributed by atoms with Gasteiger partial charge in [0.15, 0.2) is 5.96 Å². The molecule has 0 aliphatic carbocycles. The van der Waals surface area contributed by atoms with Gasteiger partial charge >= 0.3 is 0 Å². The van der Waals surface area contributed by atoms with Crippen LogP contribution in [-0.2, 0) is 0 Å². The van der Waals surface area contributed by atoms with E-state index in [1.165, 1.54) is 6.07 Å². The van der Waals surface area contributed by atoms with E-state index in [4.69, 9.17) is 0 Å². The summed E-state index contributed by atoms with van der Waals surface area (Å²) < 4.78 is 13.7. The van der Waals surface area contributed by atoms with Crippen LogP contribution in [0.2, 0.25) is 0 Å². The Hall–Kier alpha value is -1.66. The molecule has 0 aromatic heterocycles. The van der Waals surface area contributed by atoms with Crippen molar-refractivity contribution in [2.75, 3.05) is 26.2 Å². The van der Waals surface area contributed by atoms with Gasteiger partial charge in [-0.1, -0.05) is 18.2 Å². The normalized spacial score (nSPS) is 13.5. The van der Waals surface area contributed by atoms with Gasteiger partial charge in [-0.05, 0) is 47.1 Å². The standard InChI is InChI=1S/C20H35FN4O/c1-6-22-20(23-12-9-13-25(15(2)3)16(4)5)24-14-19(26)17-10-7-8-11-18(17)21/h7-8,10-11,15-16,19,26H,6,9,12-14H2,1-5H3,(H2,22,23,24). The van der Waals surface area contributed by atoms with E-state index in [1.54, 1.807) is 18.2 Å². The molecule has 3 N–H and O–H groups in total. The minimum atomic E-state index is -0.955. The average Bonchev–Trinajstić information content (AvgIpc) is 2.58. The number of aliphatic hydroxyl groups is 1. The van der Waals surface area contributed by atoms with E-state index in [0.29, 0.717) is 18.0 Å². The van der Waals surface area contributed by atoms with Gasteiger partial charge in [-0.15, -0.1) is 0 Å². The molecule has 0 amide bonds. The fourth-order valence-corrected chi connectivity index (χ4v) is 2.94. The topological polar surface area (TPSA) is 59.9 Å². The number of aliphatic imine (C=N–C) groups is 1. The second-order valence-corrected chi connectivity index (χ2v) is 6.96. The molecule has 0 saturated heterocycles. The number of nitrogens with zero attached hydrogens (tertiary/aromatic N) is 2. The van der Waals surface area contributed by atoms with Crippen LogP contribution in [0, 0.1) is 5.82 Å². The molecule has 0 aliphatic rings. The highest BCUT2D eigenvalue weighted by atomic mass is 19.1. The van der Waals surface area contributed by atoms with E-state index in [2.05, 4.69) is 48.2 Å². The lowest BCUT2D eigenvalue weighted by molar-refractivity contribution is 0.173. The van der Waals surface area contributed by atoms with Crippen LogP contribution in [0.1, 0.15) is 52.7 Å². The van der Waals surface area contributed by atoms with E-state index in [-0.39, 0.29) is 12.1 Å². The summed E-state index contributed by atoms with van der Waals surface area (Å²) >= 11 is 0. The number of hydrogen-bond donors (Lipinski definition) is 3. The summed E-state index contributed by atoms with van der Waals surface area (Å²) in [5.74, 6) is 0.235. The number of halogens is 1. The van der Waals surface area contributed by atoms with Crippen LogP contribution in [0.25, 0.3) is 0 Å². The smallest absolute Gasteiger partial charge is 0.191 e. The Morgan fingerprint density at radius 3 is 2.38 bits per heavy atom. The molecule has 0 heterocycles. The quantitative estimate of drug-likeness (QED) is 0.339. The highest BCUT2D eigenvalue weighted by molar-refractivity contribution is 5.79. The summed E-state index contributed by atoms with van der Waals surface area (Å²) in [6.45, 7) is 13.5. The van der Waals surface area contributed by atoms with Gasteiger partial charge in [0.1, 0.15) is 11.9 Å². The number of aliphatic hydroxyl groups excluding tert-OH is 1. The summed E-state index contributed by atoms with van der Waals surface area (Å²) in [6.07, 6.45) is 0.0421. The maximum atomic E-state index is 13.7. The van der Waals surface area contributed by atoms with Crippen LogP contribution in [0.5, 0.6) is 0 Å². The van der Waals surface area contributed by atoms with Crippen LogP contribution in [-0.4, -0.2) is 54.2 Å². The molecule has 1 rings (SSSR count). The highest BCUT2D eigenvalue weighted by Crippen LogP contribution is 2.16. The van der Waals surface area contributed by atoms with Crippen molar-refractivity contribution in [2.24, 2.45) is 4.99 Å². The van der Waals surface area contributed by atoms with Crippen molar-refractivity contribution in [3.63, 3.8) is 0 Å². The van der Waals surface area contributed by atoms with Crippen LogP contribution >= 0.6 is 0 Å². The predicted octanol–water partition coefficient (Wildman–Crippen LogP) is 2.92. The molecule has 0 bridgehead atoms. The van der Waals surface area contributed by atoms with Crippen molar-refractivity contribution in [3.05, 3.63) is 35.6 Å². The molecule has 1 aromatic carbocycles. The maximum Gasteiger partial charge on any atom is 0.191 e. The minimum absolute atomic E-state index is 0.111. The molecular weight excluding hydrogens is 331 g/mol. The van der Waals surface area contributed by atoms with Gasteiger partial charge in [-0.25, -0.2) is 4.39 Å². The summed E-state index contributed by atoms with van der Waals surface area (Å²) in [7, 11) is 0. The first-order valence-electron chi connectivity index (χ1n) is 9.57. The zero-order valence-corrected chi connectivity index (χ0v) is 16.8. The Labute approximate surface area is 157 Å². The van der Waals surface area contributed by atoms with Gasteiger partial charge in [-0.3, -0.25) is 9.89 Å². The molecule has 1 aromatic rings. The summed E-state index contributed by atoms with van der Waals surface area (Å²) in [4.78, 5) is 6.83. The third kappa shape index (κ3) is 7.70.